The number of hydrogen-bond donors (Lipinski definition) is 2. The van der Waals surface area contributed by atoms with Gasteiger partial charge in [-0.15, -0.1) is 0 Å². The monoisotopic (exact) mass is 284 g/mol. The van der Waals surface area contributed by atoms with E-state index in [1.54, 1.807) is 12.1 Å². The fourth-order valence-electron chi connectivity index (χ4n) is 1.94. The molecule has 4 heteroatoms. The van der Waals surface area contributed by atoms with Crippen LogP contribution in [0, 0.1) is 13.8 Å². The number of anilines is 1. The summed E-state index contributed by atoms with van der Waals surface area (Å²) < 4.78 is 5.49. The predicted octanol–water partition coefficient (Wildman–Crippen LogP) is 2.58. The van der Waals surface area contributed by atoms with Gasteiger partial charge in [-0.05, 0) is 43.2 Å². The van der Waals surface area contributed by atoms with Gasteiger partial charge in [-0.1, -0.05) is 29.8 Å². The van der Waals surface area contributed by atoms with Crippen molar-refractivity contribution >= 4 is 11.6 Å². The standard InChI is InChI=1S/C17H20N2O2/c1-12-3-5-14(6-4-12)10-19-17(20)11-21-16-8-7-15(18)9-13(16)2/h3-9H,10-11,18H2,1-2H3,(H,19,20). The molecule has 0 radical (unpaired) electrons. The minimum Gasteiger partial charge on any atom is -0.484 e. The predicted molar refractivity (Wildman–Crippen MR) is 84.1 cm³/mol. The van der Waals surface area contributed by atoms with Crippen LogP contribution in [0.3, 0.4) is 0 Å². The van der Waals surface area contributed by atoms with Crippen LogP contribution in [-0.4, -0.2) is 12.5 Å². The summed E-state index contributed by atoms with van der Waals surface area (Å²) >= 11 is 0. The topological polar surface area (TPSA) is 64.3 Å². The largest absolute Gasteiger partial charge is 0.484 e. The quantitative estimate of drug-likeness (QED) is 0.829. The van der Waals surface area contributed by atoms with Crippen molar-refractivity contribution in [3.63, 3.8) is 0 Å². The first-order valence-electron chi connectivity index (χ1n) is 6.86. The second kappa shape index (κ2) is 6.79. The Morgan fingerprint density at radius 3 is 2.52 bits per heavy atom. The van der Waals surface area contributed by atoms with Gasteiger partial charge in [-0.25, -0.2) is 0 Å². The van der Waals surface area contributed by atoms with Crippen molar-refractivity contribution in [1.82, 2.24) is 5.32 Å². The Bertz CT molecular complexity index is 621. The highest BCUT2D eigenvalue weighted by atomic mass is 16.5. The molecule has 0 aliphatic heterocycles. The number of aryl methyl sites for hydroxylation is 2. The van der Waals surface area contributed by atoms with Gasteiger partial charge in [0.1, 0.15) is 5.75 Å². The summed E-state index contributed by atoms with van der Waals surface area (Å²) in [5.74, 6) is 0.529. The highest BCUT2D eigenvalue weighted by Crippen LogP contribution is 2.19. The van der Waals surface area contributed by atoms with Gasteiger partial charge in [0.2, 0.25) is 0 Å². The van der Waals surface area contributed by atoms with Crippen LogP contribution < -0.4 is 15.8 Å². The van der Waals surface area contributed by atoms with Gasteiger partial charge in [0.05, 0.1) is 0 Å². The number of nitrogens with one attached hydrogen (secondary N) is 1. The molecule has 21 heavy (non-hydrogen) atoms. The molecule has 0 saturated heterocycles. The summed E-state index contributed by atoms with van der Waals surface area (Å²) in [4.78, 5) is 11.8. The van der Waals surface area contributed by atoms with Gasteiger partial charge in [0.25, 0.3) is 5.91 Å². The van der Waals surface area contributed by atoms with Crippen LogP contribution in [0.15, 0.2) is 42.5 Å². The van der Waals surface area contributed by atoms with E-state index < -0.39 is 0 Å². The number of hydrogen-bond acceptors (Lipinski definition) is 3. The number of ether oxygens (including phenoxy) is 1. The Labute approximate surface area is 124 Å². The molecule has 0 unspecified atom stereocenters. The first kappa shape index (κ1) is 14.9. The maximum atomic E-state index is 11.8. The van der Waals surface area contributed by atoms with E-state index in [-0.39, 0.29) is 12.5 Å². The third-order valence-electron chi connectivity index (χ3n) is 3.17. The van der Waals surface area contributed by atoms with Gasteiger partial charge >= 0.3 is 0 Å². The minimum atomic E-state index is -0.146. The molecule has 4 nitrogen and oxygen atoms in total. The van der Waals surface area contributed by atoms with Crippen LogP contribution in [0.1, 0.15) is 16.7 Å². The number of amides is 1. The summed E-state index contributed by atoms with van der Waals surface area (Å²) in [6, 6.07) is 13.4. The van der Waals surface area contributed by atoms with E-state index >= 15 is 0 Å². The zero-order chi connectivity index (χ0) is 15.2. The molecule has 3 N–H and O–H groups in total. The highest BCUT2D eigenvalue weighted by molar-refractivity contribution is 5.77. The molecule has 2 rings (SSSR count). The third-order valence-corrected chi connectivity index (χ3v) is 3.17. The molecule has 1 amide bonds. The molecule has 2 aromatic carbocycles. The van der Waals surface area contributed by atoms with Crippen LogP contribution in [0.2, 0.25) is 0 Å². The maximum absolute atomic E-state index is 11.8. The first-order valence-corrected chi connectivity index (χ1v) is 6.86. The number of benzene rings is 2. The molecule has 0 atom stereocenters. The second-order valence-electron chi connectivity index (χ2n) is 5.08. The Kier molecular flexibility index (Phi) is 4.82. The van der Waals surface area contributed by atoms with E-state index in [0.717, 1.165) is 11.1 Å². The first-order chi connectivity index (χ1) is 10.0. The highest BCUT2D eigenvalue weighted by Gasteiger charge is 2.05. The average molecular weight is 284 g/mol. The SMILES string of the molecule is Cc1ccc(CNC(=O)COc2ccc(N)cc2C)cc1. The van der Waals surface area contributed by atoms with Crippen molar-refractivity contribution in [3.8, 4) is 5.75 Å². The van der Waals surface area contributed by atoms with Gasteiger partial charge in [0, 0.05) is 12.2 Å². The lowest BCUT2D eigenvalue weighted by atomic mass is 10.1. The molecule has 0 bridgehead atoms. The summed E-state index contributed by atoms with van der Waals surface area (Å²) in [5, 5.41) is 2.83. The fraction of sp³-hybridized carbons (Fsp3) is 0.235. The number of rotatable bonds is 5. The third kappa shape index (κ3) is 4.53. The van der Waals surface area contributed by atoms with Gasteiger partial charge in [0.15, 0.2) is 6.61 Å². The molecule has 2 aromatic rings. The molecule has 0 aliphatic carbocycles. The molecule has 0 spiro atoms. The molecule has 0 fully saturated rings. The number of carbonyl (C=O) groups is 1. The van der Waals surface area contributed by atoms with Crippen molar-refractivity contribution in [3.05, 3.63) is 59.2 Å². The van der Waals surface area contributed by atoms with Gasteiger partial charge < -0.3 is 15.8 Å². The van der Waals surface area contributed by atoms with Crippen LogP contribution in [-0.2, 0) is 11.3 Å². The van der Waals surface area contributed by atoms with Gasteiger partial charge in [-0.3, -0.25) is 4.79 Å². The van der Waals surface area contributed by atoms with Crippen LogP contribution in [0.5, 0.6) is 5.75 Å². The number of nitrogen functional groups attached to an aromatic ring is 1. The van der Waals surface area contributed by atoms with Crippen molar-refractivity contribution in [2.24, 2.45) is 0 Å². The maximum Gasteiger partial charge on any atom is 0.258 e. The summed E-state index contributed by atoms with van der Waals surface area (Å²) in [6.45, 7) is 4.43. The Hall–Kier alpha value is -2.49. The van der Waals surface area contributed by atoms with E-state index in [2.05, 4.69) is 5.32 Å². The number of nitrogens with two attached hydrogens (primary N) is 1. The Morgan fingerprint density at radius 2 is 1.86 bits per heavy atom. The molecular formula is C17H20N2O2. The zero-order valence-electron chi connectivity index (χ0n) is 12.3. The summed E-state index contributed by atoms with van der Waals surface area (Å²) in [5.41, 5.74) is 9.54. The van der Waals surface area contributed by atoms with Crippen molar-refractivity contribution in [1.29, 1.82) is 0 Å². The van der Waals surface area contributed by atoms with E-state index in [4.69, 9.17) is 10.5 Å². The molecule has 0 heterocycles. The fourth-order valence-corrected chi connectivity index (χ4v) is 1.94. The Balaban J connectivity index is 1.80. The van der Waals surface area contributed by atoms with Crippen LogP contribution >= 0.6 is 0 Å². The van der Waals surface area contributed by atoms with Crippen molar-refractivity contribution in [2.45, 2.75) is 20.4 Å². The van der Waals surface area contributed by atoms with E-state index in [1.807, 2.05) is 44.2 Å². The van der Waals surface area contributed by atoms with E-state index in [0.29, 0.717) is 18.0 Å². The van der Waals surface area contributed by atoms with Crippen molar-refractivity contribution in [2.75, 3.05) is 12.3 Å². The second-order valence-corrected chi connectivity index (χ2v) is 5.08. The molecule has 110 valence electrons. The minimum absolute atomic E-state index is 0.00335. The lowest BCUT2D eigenvalue weighted by Crippen LogP contribution is -2.28. The van der Waals surface area contributed by atoms with Crippen LogP contribution in [0.25, 0.3) is 0 Å². The van der Waals surface area contributed by atoms with E-state index in [1.165, 1.54) is 5.56 Å². The van der Waals surface area contributed by atoms with Crippen LogP contribution in [0.4, 0.5) is 5.69 Å². The van der Waals surface area contributed by atoms with E-state index in [9.17, 15) is 4.79 Å². The molecule has 0 aliphatic rings. The summed E-state index contributed by atoms with van der Waals surface area (Å²) in [7, 11) is 0. The Morgan fingerprint density at radius 1 is 1.14 bits per heavy atom. The zero-order valence-corrected chi connectivity index (χ0v) is 12.3. The number of carbonyl (C=O) groups excluding carboxylic acids is 1. The normalized spacial score (nSPS) is 10.2. The summed E-state index contributed by atoms with van der Waals surface area (Å²) in [6.07, 6.45) is 0. The lowest BCUT2D eigenvalue weighted by molar-refractivity contribution is -0.123. The smallest absolute Gasteiger partial charge is 0.258 e. The molecule has 0 aromatic heterocycles. The molecular weight excluding hydrogens is 264 g/mol. The lowest BCUT2D eigenvalue weighted by Gasteiger charge is -2.10. The average Bonchev–Trinajstić information content (AvgIpc) is 2.46. The van der Waals surface area contributed by atoms with Crippen molar-refractivity contribution < 1.29 is 9.53 Å². The molecule has 0 saturated carbocycles. The van der Waals surface area contributed by atoms with Gasteiger partial charge in [-0.2, -0.15) is 0 Å².